The van der Waals surface area contributed by atoms with E-state index in [1.807, 2.05) is 30.3 Å². The molecule has 0 atom stereocenters. The number of rotatable bonds is 8. The Morgan fingerprint density at radius 3 is 2.48 bits per heavy atom. The average Bonchev–Trinajstić information content (AvgIpc) is 3.47. The molecular weight excluding hydrogens is 572 g/mol. The third-order valence-corrected chi connectivity index (χ3v) is 6.44. The van der Waals surface area contributed by atoms with Crippen LogP contribution in [-0.2, 0) is 0 Å². The van der Waals surface area contributed by atoms with Crippen molar-refractivity contribution in [1.82, 2.24) is 9.55 Å². The van der Waals surface area contributed by atoms with Crippen molar-refractivity contribution in [2.75, 3.05) is 11.9 Å². The van der Waals surface area contributed by atoms with E-state index in [9.17, 15) is 14.0 Å². The van der Waals surface area contributed by atoms with Gasteiger partial charge in [-0.05, 0) is 43.3 Å². The highest BCUT2D eigenvalue weighted by Crippen LogP contribution is 2.35. The molecule has 9 nitrogen and oxygen atoms in total. The number of hydrogen-bond acceptors (Lipinski definition) is 7. The van der Waals surface area contributed by atoms with Gasteiger partial charge < -0.3 is 18.6 Å². The van der Waals surface area contributed by atoms with Gasteiger partial charge in [0.05, 0.1) is 6.61 Å². The SMILES string of the molecule is CCOc1ccn(-c2ccc(F)cc2)c(=O)c1OC(=O)Nc1ccc(Oc2ccnc3cc(-c4ccccc4)oc23)c(F)c1. The summed E-state index contributed by atoms with van der Waals surface area (Å²) >= 11 is 0. The molecule has 6 rings (SSSR count). The van der Waals surface area contributed by atoms with E-state index in [0.29, 0.717) is 22.5 Å². The fourth-order valence-corrected chi connectivity index (χ4v) is 4.42. The molecule has 3 aromatic carbocycles. The second-order valence-corrected chi connectivity index (χ2v) is 9.36. The molecule has 0 fully saturated rings. The second kappa shape index (κ2) is 12.1. The average molecular weight is 596 g/mol. The Morgan fingerprint density at radius 2 is 1.73 bits per heavy atom. The van der Waals surface area contributed by atoms with Crippen LogP contribution >= 0.6 is 0 Å². The van der Waals surface area contributed by atoms with Gasteiger partial charge in [0.25, 0.3) is 0 Å². The zero-order valence-electron chi connectivity index (χ0n) is 23.1. The summed E-state index contributed by atoms with van der Waals surface area (Å²) in [6.45, 7) is 1.90. The van der Waals surface area contributed by atoms with Gasteiger partial charge in [0.2, 0.25) is 5.75 Å². The first-order valence-electron chi connectivity index (χ1n) is 13.4. The van der Waals surface area contributed by atoms with E-state index in [-0.39, 0.29) is 29.5 Å². The summed E-state index contributed by atoms with van der Waals surface area (Å²) in [6, 6.07) is 23.2. The monoisotopic (exact) mass is 595 g/mol. The van der Waals surface area contributed by atoms with Crippen molar-refractivity contribution in [2.24, 2.45) is 0 Å². The van der Waals surface area contributed by atoms with Gasteiger partial charge in [0.15, 0.2) is 28.6 Å². The number of halogens is 2. The summed E-state index contributed by atoms with van der Waals surface area (Å²) in [5.41, 5.74) is 1.40. The maximum absolute atomic E-state index is 15.1. The summed E-state index contributed by atoms with van der Waals surface area (Å²) in [7, 11) is 0. The number of hydrogen-bond donors (Lipinski definition) is 1. The maximum Gasteiger partial charge on any atom is 0.417 e. The van der Waals surface area contributed by atoms with Crippen molar-refractivity contribution >= 4 is 22.9 Å². The molecule has 0 radical (unpaired) electrons. The highest BCUT2D eigenvalue weighted by atomic mass is 19.1. The molecule has 0 spiro atoms. The lowest BCUT2D eigenvalue weighted by Gasteiger charge is -2.14. The van der Waals surface area contributed by atoms with E-state index in [1.165, 1.54) is 59.4 Å². The summed E-state index contributed by atoms with van der Waals surface area (Å²) in [6.07, 6.45) is 1.88. The number of pyridine rings is 2. The number of ether oxygens (including phenoxy) is 3. The van der Waals surface area contributed by atoms with Gasteiger partial charge in [-0.2, -0.15) is 0 Å². The van der Waals surface area contributed by atoms with E-state index in [0.717, 1.165) is 11.6 Å². The van der Waals surface area contributed by atoms with Gasteiger partial charge in [0, 0.05) is 53.6 Å². The largest absolute Gasteiger partial charge is 0.490 e. The fraction of sp³-hybridized carbons (Fsp3) is 0.0606. The standard InChI is InChI=1S/C33H23F2N3O6/c1-2-41-27-15-17-38(23-11-8-21(34)9-12-23)32(39)31(27)44-33(40)37-22-10-13-26(24(35)18-22)42-28-14-16-36-25-19-29(43-30(25)28)20-6-4-3-5-7-20/h3-19H,2H2,1H3,(H,37,40). The number of carbonyl (C=O) groups is 1. The lowest BCUT2D eigenvalue weighted by atomic mass is 10.2. The van der Waals surface area contributed by atoms with Gasteiger partial charge in [-0.25, -0.2) is 13.6 Å². The van der Waals surface area contributed by atoms with E-state index >= 15 is 4.39 Å². The van der Waals surface area contributed by atoms with Crippen molar-refractivity contribution in [3.63, 3.8) is 0 Å². The van der Waals surface area contributed by atoms with Crippen molar-refractivity contribution in [1.29, 1.82) is 0 Å². The Hall–Kier alpha value is -5.97. The van der Waals surface area contributed by atoms with E-state index in [1.54, 1.807) is 19.1 Å². The molecule has 0 saturated heterocycles. The first kappa shape index (κ1) is 28.2. The molecule has 0 aliphatic heterocycles. The first-order valence-corrected chi connectivity index (χ1v) is 13.4. The molecule has 0 aliphatic carbocycles. The van der Waals surface area contributed by atoms with Crippen molar-refractivity contribution in [3.8, 4) is 40.0 Å². The smallest absolute Gasteiger partial charge is 0.417 e. The number of amides is 1. The second-order valence-electron chi connectivity index (χ2n) is 9.36. The topological polar surface area (TPSA) is 105 Å². The molecule has 6 aromatic rings. The molecule has 0 unspecified atom stereocenters. The Labute approximate surface area is 248 Å². The van der Waals surface area contributed by atoms with Crippen LogP contribution in [0.25, 0.3) is 28.1 Å². The van der Waals surface area contributed by atoms with Crippen LogP contribution in [0.2, 0.25) is 0 Å². The van der Waals surface area contributed by atoms with Crippen LogP contribution in [-0.4, -0.2) is 22.3 Å². The minimum Gasteiger partial charge on any atom is -0.490 e. The minimum absolute atomic E-state index is 0.0259. The number of benzene rings is 3. The predicted molar refractivity (Wildman–Crippen MR) is 159 cm³/mol. The Kier molecular flexibility index (Phi) is 7.75. The third kappa shape index (κ3) is 5.84. The van der Waals surface area contributed by atoms with Crippen LogP contribution in [0.3, 0.4) is 0 Å². The fourth-order valence-electron chi connectivity index (χ4n) is 4.42. The number of nitrogens with zero attached hydrogens (tertiary/aromatic N) is 2. The van der Waals surface area contributed by atoms with Crippen molar-refractivity contribution in [2.45, 2.75) is 6.92 Å². The molecule has 0 bridgehead atoms. The summed E-state index contributed by atoms with van der Waals surface area (Å²) in [5.74, 6) is -0.919. The van der Waals surface area contributed by atoms with Crippen LogP contribution in [0, 0.1) is 11.6 Å². The van der Waals surface area contributed by atoms with Crippen molar-refractivity contribution < 1.29 is 32.2 Å². The highest BCUT2D eigenvalue weighted by molar-refractivity contribution is 5.87. The zero-order chi connectivity index (χ0) is 30.6. The summed E-state index contributed by atoms with van der Waals surface area (Å²) < 4.78 is 52.2. The Bertz CT molecular complexity index is 2020. The number of fused-ring (bicyclic) bond motifs is 1. The lowest BCUT2D eigenvalue weighted by Crippen LogP contribution is -2.25. The van der Waals surface area contributed by atoms with Gasteiger partial charge >= 0.3 is 11.7 Å². The molecule has 1 N–H and O–H groups in total. The molecule has 3 aromatic heterocycles. The number of aromatic nitrogens is 2. The van der Waals surface area contributed by atoms with Crippen LogP contribution in [0.1, 0.15) is 6.92 Å². The van der Waals surface area contributed by atoms with E-state index in [4.69, 9.17) is 18.6 Å². The van der Waals surface area contributed by atoms with E-state index in [2.05, 4.69) is 10.3 Å². The molecular formula is C33H23F2N3O6. The molecule has 11 heteroatoms. The Morgan fingerprint density at radius 1 is 0.932 bits per heavy atom. The summed E-state index contributed by atoms with van der Waals surface area (Å²) in [4.78, 5) is 30.3. The maximum atomic E-state index is 15.1. The van der Waals surface area contributed by atoms with Gasteiger partial charge in [0.1, 0.15) is 17.1 Å². The van der Waals surface area contributed by atoms with Crippen molar-refractivity contribution in [3.05, 3.63) is 125 Å². The number of nitrogens with one attached hydrogen (secondary N) is 1. The predicted octanol–water partition coefficient (Wildman–Crippen LogP) is 7.73. The molecule has 1 amide bonds. The molecule has 220 valence electrons. The lowest BCUT2D eigenvalue weighted by molar-refractivity contribution is 0.210. The molecule has 0 aliphatic rings. The zero-order valence-corrected chi connectivity index (χ0v) is 23.1. The molecule has 3 heterocycles. The third-order valence-electron chi connectivity index (χ3n) is 6.44. The number of anilines is 1. The first-order chi connectivity index (χ1) is 21.4. The minimum atomic E-state index is -1.06. The van der Waals surface area contributed by atoms with Gasteiger partial charge in [-0.3, -0.25) is 19.7 Å². The van der Waals surface area contributed by atoms with Crippen LogP contribution in [0.4, 0.5) is 19.3 Å². The summed E-state index contributed by atoms with van der Waals surface area (Å²) in [5, 5.41) is 2.40. The van der Waals surface area contributed by atoms with Crippen LogP contribution in [0.5, 0.6) is 23.0 Å². The number of furan rings is 1. The van der Waals surface area contributed by atoms with Crippen LogP contribution in [0.15, 0.2) is 113 Å². The van der Waals surface area contributed by atoms with Gasteiger partial charge in [-0.1, -0.05) is 30.3 Å². The van der Waals surface area contributed by atoms with Gasteiger partial charge in [-0.15, -0.1) is 0 Å². The Balaban J connectivity index is 1.20. The van der Waals surface area contributed by atoms with Crippen LogP contribution < -0.4 is 25.1 Å². The number of carbonyl (C=O) groups excluding carboxylic acids is 1. The normalized spacial score (nSPS) is 10.9. The quantitative estimate of drug-likeness (QED) is 0.192. The van der Waals surface area contributed by atoms with E-state index < -0.39 is 29.0 Å². The molecule has 0 saturated carbocycles. The highest BCUT2D eigenvalue weighted by Gasteiger charge is 2.19. The molecule has 44 heavy (non-hydrogen) atoms.